The lowest BCUT2D eigenvalue weighted by Crippen LogP contribution is -2.54. The Labute approximate surface area is 215 Å². The van der Waals surface area contributed by atoms with E-state index >= 15 is 0 Å². The third-order valence-corrected chi connectivity index (χ3v) is 6.75. The van der Waals surface area contributed by atoms with Crippen LogP contribution in [0.25, 0.3) is 17.0 Å². The Balaban J connectivity index is 1.58. The van der Waals surface area contributed by atoms with Gasteiger partial charge in [-0.15, -0.1) is 0 Å². The van der Waals surface area contributed by atoms with Crippen LogP contribution in [0.5, 0.6) is 0 Å². The molecule has 5 rings (SSSR count). The molecule has 0 radical (unpaired) electrons. The van der Waals surface area contributed by atoms with Crippen molar-refractivity contribution in [2.45, 2.75) is 6.54 Å². The molecule has 174 valence electrons. The summed E-state index contributed by atoms with van der Waals surface area (Å²) in [5.74, 6) is -1.52. The second-order valence-corrected chi connectivity index (χ2v) is 9.06. The first kappa shape index (κ1) is 23.2. The van der Waals surface area contributed by atoms with Gasteiger partial charge >= 0.3 is 0 Å². The number of benzene rings is 3. The Morgan fingerprint density at radius 2 is 1.71 bits per heavy atom. The minimum absolute atomic E-state index is 0.0833. The Bertz CT molecular complexity index is 1550. The molecular weight excluding hydrogens is 508 g/mol. The second kappa shape index (κ2) is 9.26. The molecule has 2 amide bonds. The normalized spacial score (nSPS) is 15.2. The van der Waals surface area contributed by atoms with Crippen LogP contribution in [0.2, 0.25) is 10.0 Å². The predicted octanol–water partition coefficient (Wildman–Crippen LogP) is 5.97. The van der Waals surface area contributed by atoms with Crippen LogP contribution in [0.4, 0.5) is 10.1 Å². The van der Waals surface area contributed by atoms with E-state index in [4.69, 9.17) is 35.4 Å². The number of anilines is 1. The number of hydrogen-bond acceptors (Lipinski definition) is 3. The highest BCUT2D eigenvalue weighted by Gasteiger charge is 2.36. The molecule has 2 heterocycles. The summed E-state index contributed by atoms with van der Waals surface area (Å²) in [6, 6.07) is 18.7. The summed E-state index contributed by atoms with van der Waals surface area (Å²) < 4.78 is 15.3. The number of aromatic nitrogens is 1. The van der Waals surface area contributed by atoms with Gasteiger partial charge < -0.3 is 4.57 Å². The van der Waals surface area contributed by atoms with E-state index in [1.54, 1.807) is 30.3 Å². The Kier molecular flexibility index (Phi) is 6.15. The van der Waals surface area contributed by atoms with Gasteiger partial charge in [0.05, 0.1) is 15.7 Å². The van der Waals surface area contributed by atoms with Crippen molar-refractivity contribution in [3.8, 4) is 0 Å². The van der Waals surface area contributed by atoms with Gasteiger partial charge in [-0.25, -0.2) is 4.39 Å². The molecule has 1 fully saturated rings. The van der Waals surface area contributed by atoms with Crippen LogP contribution in [0, 0.1) is 5.82 Å². The van der Waals surface area contributed by atoms with Crippen molar-refractivity contribution >= 4 is 75.0 Å². The highest BCUT2D eigenvalue weighted by molar-refractivity contribution is 7.80. The molecule has 1 aliphatic rings. The van der Waals surface area contributed by atoms with Crippen molar-refractivity contribution in [3.05, 3.63) is 105 Å². The third kappa shape index (κ3) is 4.34. The number of rotatable bonds is 4. The van der Waals surface area contributed by atoms with E-state index in [9.17, 15) is 14.0 Å². The molecule has 35 heavy (non-hydrogen) atoms. The number of amides is 2. The monoisotopic (exact) mass is 523 g/mol. The number of carbonyl (C=O) groups is 2. The first-order chi connectivity index (χ1) is 16.8. The molecule has 0 saturated carbocycles. The van der Waals surface area contributed by atoms with Crippen molar-refractivity contribution in [2.24, 2.45) is 0 Å². The van der Waals surface area contributed by atoms with E-state index in [-0.39, 0.29) is 32.2 Å². The minimum Gasteiger partial charge on any atom is -0.342 e. The van der Waals surface area contributed by atoms with E-state index in [1.807, 2.05) is 35.0 Å². The number of nitrogens with zero attached hydrogens (tertiary/aromatic N) is 2. The zero-order chi connectivity index (χ0) is 24.7. The number of hydrogen-bond donors (Lipinski definition) is 1. The van der Waals surface area contributed by atoms with Gasteiger partial charge in [0, 0.05) is 29.2 Å². The number of halogens is 3. The number of fused-ring (bicyclic) bond motifs is 1. The second-order valence-electron chi connectivity index (χ2n) is 7.89. The van der Waals surface area contributed by atoms with Crippen molar-refractivity contribution in [1.29, 1.82) is 0 Å². The van der Waals surface area contributed by atoms with Crippen LogP contribution < -0.4 is 10.2 Å². The van der Waals surface area contributed by atoms with Gasteiger partial charge in [-0.3, -0.25) is 19.8 Å². The maximum Gasteiger partial charge on any atom is 0.270 e. The van der Waals surface area contributed by atoms with Gasteiger partial charge in [0.15, 0.2) is 5.11 Å². The fourth-order valence-corrected chi connectivity index (χ4v) is 4.66. The van der Waals surface area contributed by atoms with Crippen LogP contribution in [-0.2, 0) is 16.1 Å². The van der Waals surface area contributed by atoms with Crippen molar-refractivity contribution in [1.82, 2.24) is 9.88 Å². The molecule has 5 nitrogen and oxygen atoms in total. The Morgan fingerprint density at radius 3 is 2.49 bits per heavy atom. The quantitative estimate of drug-likeness (QED) is 0.204. The molecule has 0 aliphatic carbocycles. The van der Waals surface area contributed by atoms with Crippen LogP contribution in [0.1, 0.15) is 11.1 Å². The Morgan fingerprint density at radius 1 is 0.971 bits per heavy atom. The number of thiocarbonyl (C=S) groups is 1. The summed E-state index contributed by atoms with van der Waals surface area (Å²) in [6.45, 7) is 0.485. The average molecular weight is 524 g/mol. The topological polar surface area (TPSA) is 54.3 Å². The van der Waals surface area contributed by atoms with Gasteiger partial charge in [-0.05, 0) is 54.2 Å². The van der Waals surface area contributed by atoms with Crippen molar-refractivity contribution in [3.63, 3.8) is 0 Å². The third-order valence-electron chi connectivity index (χ3n) is 5.66. The van der Waals surface area contributed by atoms with Crippen molar-refractivity contribution in [2.75, 3.05) is 4.90 Å². The smallest absolute Gasteiger partial charge is 0.270 e. The van der Waals surface area contributed by atoms with E-state index in [0.29, 0.717) is 12.1 Å². The summed E-state index contributed by atoms with van der Waals surface area (Å²) in [6.07, 6.45) is 3.39. The molecule has 1 saturated heterocycles. The van der Waals surface area contributed by atoms with Crippen LogP contribution in [-0.4, -0.2) is 21.5 Å². The lowest BCUT2D eigenvalue weighted by atomic mass is 10.1. The number of nitrogens with one attached hydrogen (secondary N) is 1. The molecule has 3 aromatic carbocycles. The molecule has 0 unspecified atom stereocenters. The zero-order valence-electron chi connectivity index (χ0n) is 18.0. The molecule has 0 bridgehead atoms. The molecule has 9 heteroatoms. The van der Waals surface area contributed by atoms with Gasteiger partial charge in [0.1, 0.15) is 11.4 Å². The largest absolute Gasteiger partial charge is 0.342 e. The lowest BCUT2D eigenvalue weighted by molar-refractivity contribution is -0.122. The van der Waals surface area contributed by atoms with Gasteiger partial charge in [-0.2, -0.15) is 0 Å². The van der Waals surface area contributed by atoms with E-state index < -0.39 is 11.8 Å². The van der Waals surface area contributed by atoms with Crippen LogP contribution >= 0.6 is 35.4 Å². The molecule has 1 aliphatic heterocycles. The fraction of sp³-hybridized carbons (Fsp3) is 0.0385. The Hall–Kier alpha value is -3.52. The first-order valence-corrected chi connectivity index (χ1v) is 11.7. The average Bonchev–Trinajstić information content (AvgIpc) is 3.18. The summed E-state index contributed by atoms with van der Waals surface area (Å²) >= 11 is 17.7. The molecular formula is C26H16Cl2FN3O2S. The lowest BCUT2D eigenvalue weighted by Gasteiger charge is -2.29. The number of para-hydroxylation sites is 1. The summed E-state index contributed by atoms with van der Waals surface area (Å²) in [5.41, 5.74) is 2.66. The number of carbonyl (C=O) groups excluding carboxylic acids is 2. The van der Waals surface area contributed by atoms with E-state index in [1.165, 1.54) is 18.2 Å². The SMILES string of the molecule is O=C1NC(=S)N(c2cccc(Cl)c2Cl)C(=O)/C1=C/c1cn(Cc2ccc(F)cc2)c2ccccc12. The summed E-state index contributed by atoms with van der Waals surface area (Å²) in [7, 11) is 0. The molecule has 0 atom stereocenters. The standard InChI is InChI=1S/C26H16Cl2FN3O2S/c27-20-5-3-7-22(23(20)28)32-25(34)19(24(33)30-26(32)35)12-16-14-31(21-6-2-1-4-18(16)21)13-15-8-10-17(29)11-9-15/h1-12,14H,13H2,(H,30,33,35)/b19-12+. The summed E-state index contributed by atoms with van der Waals surface area (Å²) in [4.78, 5) is 27.4. The van der Waals surface area contributed by atoms with Gasteiger partial charge in [-0.1, -0.05) is 59.6 Å². The van der Waals surface area contributed by atoms with E-state index in [0.717, 1.165) is 21.4 Å². The van der Waals surface area contributed by atoms with Gasteiger partial charge in [0.25, 0.3) is 11.8 Å². The zero-order valence-corrected chi connectivity index (χ0v) is 20.3. The first-order valence-electron chi connectivity index (χ1n) is 10.5. The minimum atomic E-state index is -0.613. The van der Waals surface area contributed by atoms with Crippen LogP contribution in [0.15, 0.2) is 78.5 Å². The van der Waals surface area contributed by atoms with Crippen molar-refractivity contribution < 1.29 is 14.0 Å². The molecule has 4 aromatic rings. The molecule has 1 N–H and O–H groups in total. The van der Waals surface area contributed by atoms with E-state index in [2.05, 4.69) is 5.32 Å². The highest BCUT2D eigenvalue weighted by atomic mass is 35.5. The van der Waals surface area contributed by atoms with Gasteiger partial charge in [0.2, 0.25) is 0 Å². The maximum absolute atomic E-state index is 13.4. The fourth-order valence-electron chi connectivity index (χ4n) is 4.00. The predicted molar refractivity (Wildman–Crippen MR) is 140 cm³/mol. The van der Waals surface area contributed by atoms with Crippen LogP contribution in [0.3, 0.4) is 0 Å². The maximum atomic E-state index is 13.4. The summed E-state index contributed by atoms with van der Waals surface area (Å²) in [5, 5.41) is 3.73. The molecule has 0 spiro atoms. The molecule has 1 aromatic heterocycles. The highest BCUT2D eigenvalue weighted by Crippen LogP contribution is 2.35.